The Balaban J connectivity index is 1.44. The van der Waals surface area contributed by atoms with E-state index in [1.165, 1.54) is 12.4 Å². The third kappa shape index (κ3) is 5.52. The first-order valence-corrected chi connectivity index (χ1v) is 10.8. The van der Waals surface area contributed by atoms with Gasteiger partial charge in [0.05, 0.1) is 30.6 Å². The van der Waals surface area contributed by atoms with Crippen molar-refractivity contribution in [1.82, 2.24) is 24.8 Å². The maximum Gasteiger partial charge on any atom is 0.330 e. The van der Waals surface area contributed by atoms with Crippen LogP contribution < -0.4 is 16.6 Å². The highest BCUT2D eigenvalue weighted by Gasteiger charge is 2.35. The molecule has 3 aromatic heterocycles. The van der Waals surface area contributed by atoms with E-state index in [1.54, 1.807) is 18.3 Å². The van der Waals surface area contributed by atoms with Crippen LogP contribution in [0.3, 0.4) is 0 Å². The third-order valence-corrected chi connectivity index (χ3v) is 5.42. The van der Waals surface area contributed by atoms with Crippen LogP contribution in [0.1, 0.15) is 34.1 Å². The van der Waals surface area contributed by atoms with Crippen molar-refractivity contribution in [1.29, 1.82) is 0 Å². The molecule has 0 aliphatic carbocycles. The smallest absolute Gasteiger partial charge is 0.330 e. The first kappa shape index (κ1) is 24.0. The first-order valence-electron chi connectivity index (χ1n) is 10.8. The van der Waals surface area contributed by atoms with E-state index in [2.05, 4.69) is 32.1 Å². The van der Waals surface area contributed by atoms with E-state index >= 15 is 0 Å². The number of nitrogens with zero attached hydrogens (tertiary/aromatic N) is 3. The third-order valence-electron chi connectivity index (χ3n) is 5.42. The molecule has 1 fully saturated rings. The molecule has 0 spiro atoms. The largest absolute Gasteiger partial charge is 0.394 e. The Bertz CT molecular complexity index is 1420. The van der Waals surface area contributed by atoms with E-state index in [-0.39, 0.29) is 24.4 Å². The van der Waals surface area contributed by atoms with E-state index in [1.807, 2.05) is 19.1 Å². The van der Waals surface area contributed by atoms with E-state index in [0.29, 0.717) is 17.0 Å². The van der Waals surface area contributed by atoms with Crippen LogP contribution in [-0.4, -0.2) is 61.0 Å². The molecule has 1 saturated heterocycles. The van der Waals surface area contributed by atoms with Crippen molar-refractivity contribution in [2.75, 3.05) is 13.2 Å². The molecule has 4 heterocycles. The van der Waals surface area contributed by atoms with Gasteiger partial charge in [-0.1, -0.05) is 11.8 Å². The highest BCUT2D eigenvalue weighted by molar-refractivity contribution is 5.95. The molecule has 0 unspecified atom stereocenters. The molecule has 3 atom stereocenters. The van der Waals surface area contributed by atoms with Crippen molar-refractivity contribution in [3.05, 3.63) is 80.4 Å². The molecule has 1 aliphatic rings. The fourth-order valence-electron chi connectivity index (χ4n) is 3.59. The lowest BCUT2D eigenvalue weighted by Crippen LogP contribution is -2.33. The summed E-state index contributed by atoms with van der Waals surface area (Å²) in [7, 11) is 0. The summed E-state index contributed by atoms with van der Waals surface area (Å²) in [4.78, 5) is 47.5. The number of rotatable bonds is 5. The average molecular weight is 477 g/mol. The predicted molar refractivity (Wildman–Crippen MR) is 124 cm³/mol. The number of H-pyrrole nitrogens is 1. The van der Waals surface area contributed by atoms with Crippen molar-refractivity contribution in [2.45, 2.75) is 31.8 Å². The Morgan fingerprint density at radius 1 is 1.26 bits per heavy atom. The van der Waals surface area contributed by atoms with Crippen molar-refractivity contribution in [2.24, 2.45) is 0 Å². The lowest BCUT2D eigenvalue weighted by molar-refractivity contribution is -0.0459. The number of ether oxygens (including phenoxy) is 1. The second-order valence-corrected chi connectivity index (χ2v) is 7.96. The van der Waals surface area contributed by atoms with E-state index in [0.717, 1.165) is 10.1 Å². The molecule has 0 bridgehead atoms. The van der Waals surface area contributed by atoms with Crippen LogP contribution in [-0.2, 0) is 4.74 Å². The molecule has 1 aliphatic heterocycles. The quantitative estimate of drug-likeness (QED) is 0.365. The summed E-state index contributed by atoms with van der Waals surface area (Å²) in [6, 6.07) is 6.93. The predicted octanol–water partition coefficient (Wildman–Crippen LogP) is -0.276. The van der Waals surface area contributed by atoms with Crippen molar-refractivity contribution < 1.29 is 19.7 Å². The van der Waals surface area contributed by atoms with Gasteiger partial charge in [-0.3, -0.25) is 29.1 Å². The summed E-state index contributed by atoms with van der Waals surface area (Å²) < 4.78 is 6.58. The topological polar surface area (TPSA) is 159 Å². The summed E-state index contributed by atoms with van der Waals surface area (Å²) in [5.41, 5.74) is 1.19. The number of amides is 1. The SMILES string of the molecule is Cc1ccnc(-c2cc(C(=O)NCC#Cc3cn([C@H]4C[C@H](O)[C@@H](CO)O4)c(=O)[nH]c3=O)ccn2)c1. The second kappa shape index (κ2) is 10.4. The number of aliphatic hydroxyl groups is 2. The van der Waals surface area contributed by atoms with E-state index in [4.69, 9.17) is 4.74 Å². The minimum absolute atomic E-state index is 0.0129. The monoisotopic (exact) mass is 477 g/mol. The van der Waals surface area contributed by atoms with Crippen LogP contribution in [0.5, 0.6) is 0 Å². The Hall–Kier alpha value is -4.11. The average Bonchev–Trinajstić information content (AvgIpc) is 3.23. The van der Waals surface area contributed by atoms with Crippen molar-refractivity contribution >= 4 is 5.91 Å². The van der Waals surface area contributed by atoms with Gasteiger partial charge in [0.25, 0.3) is 11.5 Å². The Morgan fingerprint density at radius 3 is 2.71 bits per heavy atom. The van der Waals surface area contributed by atoms with Gasteiger partial charge in [-0.05, 0) is 36.8 Å². The summed E-state index contributed by atoms with van der Waals surface area (Å²) in [5, 5.41) is 21.8. The van der Waals surface area contributed by atoms with Crippen LogP contribution >= 0.6 is 0 Å². The first-order chi connectivity index (χ1) is 16.9. The number of carbonyl (C=O) groups is 1. The summed E-state index contributed by atoms with van der Waals surface area (Å²) in [6.45, 7) is 1.49. The normalized spacial score (nSPS) is 19.1. The minimum atomic E-state index is -0.941. The van der Waals surface area contributed by atoms with E-state index in [9.17, 15) is 24.6 Å². The molecule has 4 rings (SSSR count). The zero-order valence-corrected chi connectivity index (χ0v) is 18.8. The standard InChI is InChI=1S/C24H23N5O6/c1-14-4-7-25-17(9-14)18-10-15(5-8-26-18)22(32)27-6-2-3-16-12-29(24(34)28-23(16)33)21-11-19(31)20(13-30)35-21/h4-5,7-10,12,19-21,30-31H,6,11,13H2,1H3,(H,27,32)(H,28,33,34)/t19-,20+,21+/m0/s1. The number of hydrogen-bond donors (Lipinski definition) is 4. The Morgan fingerprint density at radius 2 is 2.00 bits per heavy atom. The van der Waals surface area contributed by atoms with Crippen molar-refractivity contribution in [3.8, 4) is 23.2 Å². The molecule has 0 radical (unpaired) electrons. The highest BCUT2D eigenvalue weighted by Crippen LogP contribution is 2.27. The zero-order valence-electron chi connectivity index (χ0n) is 18.8. The van der Waals surface area contributed by atoms with Crippen LogP contribution in [0.4, 0.5) is 0 Å². The van der Waals surface area contributed by atoms with Gasteiger partial charge in [-0.2, -0.15) is 0 Å². The maximum absolute atomic E-state index is 12.5. The molecule has 11 heteroatoms. The van der Waals surface area contributed by atoms with Gasteiger partial charge in [0.2, 0.25) is 0 Å². The molecule has 1 amide bonds. The zero-order chi connectivity index (χ0) is 24.9. The molecule has 11 nitrogen and oxygen atoms in total. The number of pyridine rings is 2. The fraction of sp³-hybridized carbons (Fsp3) is 0.292. The lowest BCUT2D eigenvalue weighted by Gasteiger charge is -2.14. The molecular formula is C24H23N5O6. The molecule has 180 valence electrons. The number of aromatic amines is 1. The van der Waals surface area contributed by atoms with Gasteiger partial charge in [-0.15, -0.1) is 0 Å². The molecule has 3 aromatic rings. The summed E-state index contributed by atoms with van der Waals surface area (Å²) in [6.07, 6.45) is 1.89. The van der Waals surface area contributed by atoms with Crippen LogP contribution in [0.25, 0.3) is 11.4 Å². The Labute approximate surface area is 199 Å². The highest BCUT2D eigenvalue weighted by atomic mass is 16.5. The molecule has 0 saturated carbocycles. The van der Waals surface area contributed by atoms with E-state index < -0.39 is 36.3 Å². The maximum atomic E-state index is 12.5. The van der Waals surface area contributed by atoms with Crippen LogP contribution in [0, 0.1) is 18.8 Å². The number of aryl methyl sites for hydroxylation is 1. The fourth-order valence-corrected chi connectivity index (χ4v) is 3.59. The van der Waals surface area contributed by atoms with Gasteiger partial charge < -0.3 is 20.3 Å². The number of nitrogens with one attached hydrogen (secondary N) is 2. The number of hydrogen-bond acceptors (Lipinski definition) is 8. The van der Waals surface area contributed by atoms with Gasteiger partial charge in [0.1, 0.15) is 17.9 Å². The molecule has 0 aromatic carbocycles. The van der Waals surface area contributed by atoms with Gasteiger partial charge in [0.15, 0.2) is 0 Å². The second-order valence-electron chi connectivity index (χ2n) is 7.96. The number of carbonyl (C=O) groups excluding carboxylic acids is 1. The van der Waals surface area contributed by atoms with Gasteiger partial charge in [-0.25, -0.2) is 4.79 Å². The van der Waals surface area contributed by atoms with Crippen LogP contribution in [0.15, 0.2) is 52.4 Å². The van der Waals surface area contributed by atoms with Crippen LogP contribution in [0.2, 0.25) is 0 Å². The minimum Gasteiger partial charge on any atom is -0.394 e. The van der Waals surface area contributed by atoms with Gasteiger partial charge >= 0.3 is 5.69 Å². The molecule has 35 heavy (non-hydrogen) atoms. The summed E-state index contributed by atoms with van der Waals surface area (Å²) in [5.74, 6) is 4.94. The van der Waals surface area contributed by atoms with Crippen molar-refractivity contribution in [3.63, 3.8) is 0 Å². The summed E-state index contributed by atoms with van der Waals surface area (Å²) >= 11 is 0. The van der Waals surface area contributed by atoms with Gasteiger partial charge in [0, 0.05) is 30.6 Å². The lowest BCUT2D eigenvalue weighted by atomic mass is 10.1. The molecule has 4 N–H and O–H groups in total. The molecular weight excluding hydrogens is 454 g/mol. The number of aromatic nitrogens is 4. The Kier molecular flexibility index (Phi) is 7.17. The number of aliphatic hydroxyl groups excluding tert-OH is 2.